The van der Waals surface area contributed by atoms with Crippen molar-refractivity contribution in [1.82, 2.24) is 0 Å². The van der Waals surface area contributed by atoms with E-state index in [2.05, 4.69) is 6.07 Å². The third-order valence-corrected chi connectivity index (χ3v) is 2.75. The monoisotopic (exact) mass is 168 g/mol. The molecule has 1 saturated carbocycles. The lowest BCUT2D eigenvalue weighted by Gasteiger charge is -2.23. The van der Waals surface area contributed by atoms with Crippen molar-refractivity contribution in [2.75, 3.05) is 13.7 Å². The van der Waals surface area contributed by atoms with E-state index in [0.717, 1.165) is 25.7 Å². The second kappa shape index (κ2) is 3.88. The van der Waals surface area contributed by atoms with Crippen molar-refractivity contribution in [3.63, 3.8) is 0 Å². The van der Waals surface area contributed by atoms with Gasteiger partial charge >= 0.3 is 0 Å². The summed E-state index contributed by atoms with van der Waals surface area (Å²) in [6, 6.07) is 2.22. The van der Waals surface area contributed by atoms with Crippen LogP contribution in [0.2, 0.25) is 0 Å². The lowest BCUT2D eigenvalue weighted by molar-refractivity contribution is 0.168. The quantitative estimate of drug-likeness (QED) is 0.685. The molecule has 2 N–H and O–H groups in total. The van der Waals surface area contributed by atoms with Gasteiger partial charge in [-0.25, -0.2) is 0 Å². The van der Waals surface area contributed by atoms with Crippen LogP contribution in [0.4, 0.5) is 0 Å². The van der Waals surface area contributed by atoms with E-state index < -0.39 is 5.54 Å². The molecule has 0 aromatic rings. The summed E-state index contributed by atoms with van der Waals surface area (Å²) >= 11 is 0. The van der Waals surface area contributed by atoms with E-state index in [1.807, 2.05) is 0 Å². The Balaban J connectivity index is 2.47. The van der Waals surface area contributed by atoms with E-state index >= 15 is 0 Å². The molecular formula is C9H16N2O. The second-order valence-corrected chi connectivity index (χ2v) is 3.52. The molecule has 2 unspecified atom stereocenters. The summed E-state index contributed by atoms with van der Waals surface area (Å²) in [6.07, 6.45) is 3.92. The van der Waals surface area contributed by atoms with Crippen molar-refractivity contribution in [2.45, 2.75) is 31.2 Å². The van der Waals surface area contributed by atoms with Gasteiger partial charge in [0.25, 0.3) is 0 Å². The summed E-state index contributed by atoms with van der Waals surface area (Å²) in [5, 5.41) is 8.88. The summed E-state index contributed by atoms with van der Waals surface area (Å²) in [5.74, 6) is 0.336. The zero-order valence-electron chi connectivity index (χ0n) is 7.55. The van der Waals surface area contributed by atoms with Crippen LogP contribution in [0.5, 0.6) is 0 Å². The minimum Gasteiger partial charge on any atom is -0.385 e. The van der Waals surface area contributed by atoms with Crippen LogP contribution < -0.4 is 5.73 Å². The normalized spacial score (nSPS) is 34.9. The first kappa shape index (κ1) is 9.50. The van der Waals surface area contributed by atoms with Crippen molar-refractivity contribution in [3.05, 3.63) is 0 Å². The third kappa shape index (κ3) is 1.77. The van der Waals surface area contributed by atoms with Gasteiger partial charge in [-0.3, -0.25) is 0 Å². The van der Waals surface area contributed by atoms with Gasteiger partial charge in [0.2, 0.25) is 0 Å². The molecule has 0 amide bonds. The van der Waals surface area contributed by atoms with Gasteiger partial charge in [-0.15, -0.1) is 0 Å². The minimum atomic E-state index is -0.571. The first-order valence-corrected chi connectivity index (χ1v) is 4.42. The fraction of sp³-hybridized carbons (Fsp3) is 0.889. The van der Waals surface area contributed by atoms with Crippen LogP contribution in [0.15, 0.2) is 0 Å². The number of hydrogen-bond donors (Lipinski definition) is 1. The molecule has 0 aromatic heterocycles. The molecule has 3 heteroatoms. The number of methoxy groups -OCH3 is 1. The predicted octanol–water partition coefficient (Wildman–Crippen LogP) is 1.04. The van der Waals surface area contributed by atoms with Gasteiger partial charge in [0.05, 0.1) is 6.07 Å². The SMILES string of the molecule is COCCC1CCCC1(N)C#N. The van der Waals surface area contributed by atoms with Gasteiger partial charge < -0.3 is 10.5 Å². The number of ether oxygens (including phenoxy) is 1. The highest BCUT2D eigenvalue weighted by Gasteiger charge is 2.39. The molecule has 2 atom stereocenters. The molecule has 1 fully saturated rings. The minimum absolute atomic E-state index is 0.336. The van der Waals surface area contributed by atoms with Crippen LogP contribution in [0.3, 0.4) is 0 Å². The van der Waals surface area contributed by atoms with E-state index in [0.29, 0.717) is 12.5 Å². The van der Waals surface area contributed by atoms with Gasteiger partial charge in [0.1, 0.15) is 5.54 Å². The molecule has 12 heavy (non-hydrogen) atoms. The Morgan fingerprint density at radius 2 is 2.50 bits per heavy atom. The summed E-state index contributed by atoms with van der Waals surface area (Å²) in [4.78, 5) is 0. The fourth-order valence-electron chi connectivity index (χ4n) is 1.91. The molecule has 1 aliphatic rings. The Labute approximate surface area is 73.5 Å². The van der Waals surface area contributed by atoms with E-state index in [1.54, 1.807) is 7.11 Å². The zero-order chi connectivity index (χ0) is 9.03. The number of rotatable bonds is 3. The van der Waals surface area contributed by atoms with Gasteiger partial charge in [0, 0.05) is 13.7 Å². The zero-order valence-corrected chi connectivity index (χ0v) is 7.55. The predicted molar refractivity (Wildman–Crippen MR) is 46.4 cm³/mol. The summed E-state index contributed by atoms with van der Waals surface area (Å²) < 4.78 is 4.98. The van der Waals surface area contributed by atoms with Gasteiger partial charge in [-0.05, 0) is 25.2 Å². The lowest BCUT2D eigenvalue weighted by Crippen LogP contribution is -2.42. The van der Waals surface area contributed by atoms with Crippen LogP contribution in [0.1, 0.15) is 25.7 Å². The summed E-state index contributed by atoms with van der Waals surface area (Å²) in [7, 11) is 1.68. The van der Waals surface area contributed by atoms with Crippen molar-refractivity contribution < 1.29 is 4.74 Å². The maximum atomic E-state index is 8.88. The lowest BCUT2D eigenvalue weighted by atomic mass is 9.87. The molecular weight excluding hydrogens is 152 g/mol. The topological polar surface area (TPSA) is 59.0 Å². The first-order valence-electron chi connectivity index (χ1n) is 4.42. The van der Waals surface area contributed by atoms with Crippen LogP contribution in [0, 0.1) is 17.2 Å². The Bertz CT molecular complexity index is 187. The van der Waals surface area contributed by atoms with E-state index in [4.69, 9.17) is 15.7 Å². The molecule has 0 saturated heterocycles. The van der Waals surface area contributed by atoms with Crippen molar-refractivity contribution in [1.29, 1.82) is 5.26 Å². The Hall–Kier alpha value is -0.590. The van der Waals surface area contributed by atoms with Crippen molar-refractivity contribution in [3.8, 4) is 6.07 Å². The molecule has 1 rings (SSSR count). The highest BCUT2D eigenvalue weighted by Crippen LogP contribution is 2.35. The number of nitrogens with zero attached hydrogens (tertiary/aromatic N) is 1. The van der Waals surface area contributed by atoms with Crippen LogP contribution >= 0.6 is 0 Å². The highest BCUT2D eigenvalue weighted by molar-refractivity contribution is 5.11. The average molecular weight is 168 g/mol. The summed E-state index contributed by atoms with van der Waals surface area (Å²) in [5.41, 5.74) is 5.36. The average Bonchev–Trinajstić information content (AvgIpc) is 2.45. The van der Waals surface area contributed by atoms with E-state index in [-0.39, 0.29) is 0 Å². The van der Waals surface area contributed by atoms with Crippen molar-refractivity contribution in [2.24, 2.45) is 11.7 Å². The molecule has 1 aliphatic carbocycles. The maximum Gasteiger partial charge on any atom is 0.107 e. The summed E-state index contributed by atoms with van der Waals surface area (Å²) in [6.45, 7) is 0.714. The Morgan fingerprint density at radius 1 is 1.75 bits per heavy atom. The molecule has 3 nitrogen and oxygen atoms in total. The molecule has 0 bridgehead atoms. The van der Waals surface area contributed by atoms with E-state index in [1.165, 1.54) is 0 Å². The van der Waals surface area contributed by atoms with Gasteiger partial charge in [0.15, 0.2) is 0 Å². The third-order valence-electron chi connectivity index (χ3n) is 2.75. The smallest absolute Gasteiger partial charge is 0.107 e. The molecule has 0 radical (unpaired) electrons. The molecule has 68 valence electrons. The number of nitriles is 1. The molecule has 0 spiro atoms. The maximum absolute atomic E-state index is 8.88. The standard InChI is InChI=1S/C9H16N2O/c1-12-6-4-8-3-2-5-9(8,11)7-10/h8H,2-6,11H2,1H3. The largest absolute Gasteiger partial charge is 0.385 e. The van der Waals surface area contributed by atoms with Crippen molar-refractivity contribution >= 4 is 0 Å². The van der Waals surface area contributed by atoms with Gasteiger partial charge in [-0.1, -0.05) is 6.42 Å². The Morgan fingerprint density at radius 3 is 3.08 bits per heavy atom. The van der Waals surface area contributed by atoms with Crippen LogP contribution in [-0.4, -0.2) is 19.3 Å². The molecule has 0 aliphatic heterocycles. The van der Waals surface area contributed by atoms with Crippen LogP contribution in [-0.2, 0) is 4.74 Å². The highest BCUT2D eigenvalue weighted by atomic mass is 16.5. The molecule has 0 aromatic carbocycles. The first-order chi connectivity index (χ1) is 5.73. The Kier molecular flexibility index (Phi) is 3.07. The van der Waals surface area contributed by atoms with Crippen LogP contribution in [0.25, 0.3) is 0 Å². The van der Waals surface area contributed by atoms with Gasteiger partial charge in [-0.2, -0.15) is 5.26 Å². The number of nitrogens with two attached hydrogens (primary N) is 1. The van der Waals surface area contributed by atoms with E-state index in [9.17, 15) is 0 Å². The fourth-order valence-corrected chi connectivity index (χ4v) is 1.91. The second-order valence-electron chi connectivity index (χ2n) is 3.52. The molecule has 0 heterocycles. The number of hydrogen-bond acceptors (Lipinski definition) is 3.